The molecule has 1 heterocycles. The molecule has 0 saturated carbocycles. The van der Waals surface area contributed by atoms with E-state index in [1.54, 1.807) is 14.2 Å². The Morgan fingerprint density at radius 2 is 1.90 bits per heavy atom. The van der Waals surface area contributed by atoms with Crippen molar-refractivity contribution in [1.29, 1.82) is 0 Å². The minimum absolute atomic E-state index is 0.453. The number of hydrogen-bond acceptors (Lipinski definition) is 3. The summed E-state index contributed by atoms with van der Waals surface area (Å²) in [6.07, 6.45) is 4.92. The highest BCUT2D eigenvalue weighted by Gasteiger charge is 2.18. The van der Waals surface area contributed by atoms with Crippen LogP contribution in [0.15, 0.2) is 12.1 Å². The maximum atomic E-state index is 5.56. The Morgan fingerprint density at radius 1 is 1.15 bits per heavy atom. The lowest BCUT2D eigenvalue weighted by atomic mass is 9.93. The van der Waals surface area contributed by atoms with Crippen molar-refractivity contribution in [3.05, 3.63) is 23.3 Å². The molecule has 2 rings (SSSR count). The first-order valence-electron chi connectivity index (χ1n) is 7.64. The molecule has 0 amide bonds. The third-order valence-corrected chi connectivity index (χ3v) is 4.13. The monoisotopic (exact) mass is 277 g/mol. The van der Waals surface area contributed by atoms with Crippen LogP contribution in [-0.4, -0.2) is 26.8 Å². The van der Waals surface area contributed by atoms with Gasteiger partial charge in [0.05, 0.1) is 14.2 Å². The predicted octanol–water partition coefficient (Wildman–Crippen LogP) is 3.51. The molecular weight excluding hydrogens is 250 g/mol. The number of piperidine rings is 1. The SMILES string of the molecule is COc1cc(OC)c(C(C)C)cc1CC1CCCCN1. The molecule has 1 aliphatic heterocycles. The van der Waals surface area contributed by atoms with Crippen molar-refractivity contribution in [2.24, 2.45) is 0 Å². The second-order valence-electron chi connectivity index (χ2n) is 5.91. The van der Waals surface area contributed by atoms with Gasteiger partial charge in [-0.2, -0.15) is 0 Å². The Labute approximate surface area is 122 Å². The van der Waals surface area contributed by atoms with E-state index in [0.717, 1.165) is 24.5 Å². The molecule has 0 aromatic heterocycles. The van der Waals surface area contributed by atoms with Crippen molar-refractivity contribution in [3.63, 3.8) is 0 Å². The lowest BCUT2D eigenvalue weighted by Crippen LogP contribution is -2.35. The summed E-state index contributed by atoms with van der Waals surface area (Å²) in [5, 5.41) is 3.61. The van der Waals surface area contributed by atoms with Crippen molar-refractivity contribution in [3.8, 4) is 11.5 Å². The summed E-state index contributed by atoms with van der Waals surface area (Å²) < 4.78 is 11.1. The first-order valence-corrected chi connectivity index (χ1v) is 7.64. The van der Waals surface area contributed by atoms with Crippen LogP contribution in [0.3, 0.4) is 0 Å². The molecule has 0 spiro atoms. The summed E-state index contributed by atoms with van der Waals surface area (Å²) in [5.74, 6) is 2.32. The summed E-state index contributed by atoms with van der Waals surface area (Å²) in [6.45, 7) is 5.54. The maximum absolute atomic E-state index is 5.56. The average Bonchev–Trinajstić information content (AvgIpc) is 2.47. The van der Waals surface area contributed by atoms with Crippen molar-refractivity contribution >= 4 is 0 Å². The Hall–Kier alpha value is -1.22. The average molecular weight is 277 g/mol. The van der Waals surface area contributed by atoms with Crippen molar-refractivity contribution in [2.45, 2.75) is 51.5 Å². The van der Waals surface area contributed by atoms with Crippen molar-refractivity contribution in [1.82, 2.24) is 5.32 Å². The van der Waals surface area contributed by atoms with Gasteiger partial charge in [0.2, 0.25) is 0 Å². The first-order chi connectivity index (χ1) is 9.65. The molecule has 0 aliphatic carbocycles. The molecule has 1 aromatic carbocycles. The minimum Gasteiger partial charge on any atom is -0.496 e. The zero-order valence-electron chi connectivity index (χ0n) is 13.2. The van der Waals surface area contributed by atoms with Gasteiger partial charge >= 0.3 is 0 Å². The Bertz CT molecular complexity index is 437. The van der Waals surface area contributed by atoms with Crippen molar-refractivity contribution < 1.29 is 9.47 Å². The normalized spacial score (nSPS) is 19.1. The molecule has 1 N–H and O–H groups in total. The van der Waals surface area contributed by atoms with E-state index < -0.39 is 0 Å². The second-order valence-corrected chi connectivity index (χ2v) is 5.91. The van der Waals surface area contributed by atoms with Gasteiger partial charge in [0.1, 0.15) is 11.5 Å². The van der Waals surface area contributed by atoms with Crippen LogP contribution in [0, 0.1) is 0 Å². The maximum Gasteiger partial charge on any atom is 0.126 e. The number of nitrogens with one attached hydrogen (secondary N) is 1. The highest BCUT2D eigenvalue weighted by Crippen LogP contribution is 2.34. The zero-order valence-corrected chi connectivity index (χ0v) is 13.2. The lowest BCUT2D eigenvalue weighted by molar-refractivity contribution is 0.373. The molecular formula is C17H27NO2. The number of rotatable bonds is 5. The predicted molar refractivity (Wildman–Crippen MR) is 83.0 cm³/mol. The van der Waals surface area contributed by atoms with E-state index in [4.69, 9.17) is 9.47 Å². The third kappa shape index (κ3) is 3.45. The minimum atomic E-state index is 0.453. The molecule has 1 fully saturated rings. The molecule has 0 bridgehead atoms. The quantitative estimate of drug-likeness (QED) is 0.893. The molecule has 1 unspecified atom stereocenters. The van der Waals surface area contributed by atoms with Crippen molar-refractivity contribution in [2.75, 3.05) is 20.8 Å². The van der Waals surface area contributed by atoms with Gasteiger partial charge in [-0.25, -0.2) is 0 Å². The molecule has 0 radical (unpaired) electrons. The Kier molecular flexibility index (Phi) is 5.30. The van der Waals surface area contributed by atoms with E-state index in [0.29, 0.717) is 12.0 Å². The summed E-state index contributed by atoms with van der Waals surface area (Å²) in [4.78, 5) is 0. The topological polar surface area (TPSA) is 30.5 Å². The third-order valence-electron chi connectivity index (χ3n) is 4.13. The van der Waals surface area contributed by atoms with Gasteiger partial charge in [-0.3, -0.25) is 0 Å². The Morgan fingerprint density at radius 3 is 2.45 bits per heavy atom. The summed E-state index contributed by atoms with van der Waals surface area (Å²) in [6, 6.07) is 4.87. The number of methoxy groups -OCH3 is 2. The summed E-state index contributed by atoms with van der Waals surface area (Å²) >= 11 is 0. The molecule has 1 saturated heterocycles. The van der Waals surface area contributed by atoms with Crippen LogP contribution in [0.4, 0.5) is 0 Å². The second kappa shape index (κ2) is 6.98. The zero-order chi connectivity index (χ0) is 14.5. The summed E-state index contributed by atoms with van der Waals surface area (Å²) in [5.41, 5.74) is 2.55. The van der Waals surface area contributed by atoms with Crippen LogP contribution < -0.4 is 14.8 Å². The highest BCUT2D eigenvalue weighted by molar-refractivity contribution is 5.48. The van der Waals surface area contributed by atoms with Crippen LogP contribution in [0.5, 0.6) is 11.5 Å². The number of benzene rings is 1. The standard InChI is InChI=1S/C17H27NO2/c1-12(2)15-10-13(9-14-7-5-6-8-18-14)16(19-3)11-17(15)20-4/h10-12,14,18H,5-9H2,1-4H3. The molecule has 20 heavy (non-hydrogen) atoms. The molecule has 3 nitrogen and oxygen atoms in total. The van der Waals surface area contributed by atoms with Crippen LogP contribution in [0.25, 0.3) is 0 Å². The lowest BCUT2D eigenvalue weighted by Gasteiger charge is -2.25. The van der Waals surface area contributed by atoms with E-state index in [1.165, 1.54) is 30.4 Å². The van der Waals surface area contributed by atoms with Crippen LogP contribution in [0.2, 0.25) is 0 Å². The van der Waals surface area contributed by atoms with E-state index in [-0.39, 0.29) is 0 Å². The fourth-order valence-corrected chi connectivity index (χ4v) is 2.97. The van der Waals surface area contributed by atoms with E-state index in [9.17, 15) is 0 Å². The smallest absolute Gasteiger partial charge is 0.126 e. The van der Waals surface area contributed by atoms with Gasteiger partial charge in [0.15, 0.2) is 0 Å². The van der Waals surface area contributed by atoms with Gasteiger partial charge < -0.3 is 14.8 Å². The van der Waals surface area contributed by atoms with E-state index in [2.05, 4.69) is 25.2 Å². The van der Waals surface area contributed by atoms with Gasteiger partial charge in [-0.15, -0.1) is 0 Å². The fraction of sp³-hybridized carbons (Fsp3) is 0.647. The number of ether oxygens (including phenoxy) is 2. The first kappa shape index (κ1) is 15.2. The molecule has 1 aromatic rings. The van der Waals surface area contributed by atoms with Gasteiger partial charge in [0, 0.05) is 12.1 Å². The van der Waals surface area contributed by atoms with E-state index >= 15 is 0 Å². The van der Waals surface area contributed by atoms with E-state index in [1.807, 2.05) is 6.07 Å². The summed E-state index contributed by atoms with van der Waals surface area (Å²) in [7, 11) is 3.46. The molecule has 3 heteroatoms. The van der Waals surface area contributed by atoms with Gasteiger partial charge in [-0.1, -0.05) is 20.3 Å². The fourth-order valence-electron chi connectivity index (χ4n) is 2.97. The van der Waals surface area contributed by atoms with Crippen LogP contribution >= 0.6 is 0 Å². The van der Waals surface area contributed by atoms with Crippen LogP contribution in [0.1, 0.15) is 50.2 Å². The van der Waals surface area contributed by atoms with Gasteiger partial charge in [-0.05, 0) is 48.9 Å². The largest absolute Gasteiger partial charge is 0.496 e. The highest BCUT2D eigenvalue weighted by atomic mass is 16.5. The van der Waals surface area contributed by atoms with Crippen LogP contribution in [-0.2, 0) is 6.42 Å². The number of hydrogen-bond donors (Lipinski definition) is 1. The molecule has 112 valence electrons. The van der Waals surface area contributed by atoms with Gasteiger partial charge in [0.25, 0.3) is 0 Å². The molecule has 1 aliphatic rings. The Balaban J connectivity index is 2.27. The molecule has 1 atom stereocenters.